The largest absolute Gasteiger partial charge is 0.354 e. The Balaban J connectivity index is 1.83. The van der Waals surface area contributed by atoms with Gasteiger partial charge < -0.3 is 14.7 Å². The fourth-order valence-corrected chi connectivity index (χ4v) is 2.62. The minimum atomic E-state index is -0.00537. The summed E-state index contributed by atoms with van der Waals surface area (Å²) in [6.45, 7) is 4.71. The van der Waals surface area contributed by atoms with E-state index in [0.717, 1.165) is 12.8 Å². The summed E-state index contributed by atoms with van der Waals surface area (Å²) in [7, 11) is 4.04. The molecule has 0 fully saturated rings. The molecule has 1 unspecified atom stereocenters. The third-order valence-corrected chi connectivity index (χ3v) is 4.13. The van der Waals surface area contributed by atoms with E-state index < -0.39 is 0 Å². The molecular weight excluding hydrogens is 316 g/mol. The van der Waals surface area contributed by atoms with Gasteiger partial charge in [-0.25, -0.2) is 0 Å². The van der Waals surface area contributed by atoms with E-state index in [1.54, 1.807) is 0 Å². The Kier molecular flexibility index (Phi) is 7.13. The zero-order valence-electron chi connectivity index (χ0n) is 15.6. The Labute approximate surface area is 149 Å². The smallest absolute Gasteiger partial charge is 0.227 e. The van der Waals surface area contributed by atoms with E-state index in [4.69, 9.17) is 4.52 Å². The zero-order valence-corrected chi connectivity index (χ0v) is 15.6. The number of hydrogen-bond donors (Lipinski definition) is 1. The highest BCUT2D eigenvalue weighted by Crippen LogP contribution is 2.18. The lowest BCUT2D eigenvalue weighted by Gasteiger charge is -2.25. The molecule has 6 heteroatoms. The number of carbonyl (C=O) groups excluding carboxylic acids is 1. The number of benzene rings is 1. The van der Waals surface area contributed by atoms with Crippen molar-refractivity contribution in [3.63, 3.8) is 0 Å². The number of likely N-dealkylation sites (N-methyl/N-ethyl adjacent to an activating group) is 1. The first-order chi connectivity index (χ1) is 12.0. The molecule has 0 aliphatic carbocycles. The van der Waals surface area contributed by atoms with E-state index in [9.17, 15) is 4.79 Å². The molecule has 1 aromatic heterocycles. The van der Waals surface area contributed by atoms with Gasteiger partial charge in [-0.05, 0) is 33.0 Å². The normalized spacial score (nSPS) is 12.4. The number of nitrogens with one attached hydrogen (secondary N) is 1. The lowest BCUT2D eigenvalue weighted by Crippen LogP contribution is -2.34. The van der Waals surface area contributed by atoms with Crippen molar-refractivity contribution < 1.29 is 9.32 Å². The van der Waals surface area contributed by atoms with Gasteiger partial charge in [-0.15, -0.1) is 0 Å². The molecule has 1 heterocycles. The second-order valence-electron chi connectivity index (χ2n) is 6.55. The average molecular weight is 344 g/mol. The second-order valence-corrected chi connectivity index (χ2v) is 6.55. The van der Waals surface area contributed by atoms with Gasteiger partial charge in [0.05, 0.1) is 6.04 Å². The predicted molar refractivity (Wildman–Crippen MR) is 97.2 cm³/mol. The molecule has 0 bridgehead atoms. The Bertz CT molecular complexity index is 664. The van der Waals surface area contributed by atoms with Crippen molar-refractivity contribution in [1.82, 2.24) is 20.4 Å². The van der Waals surface area contributed by atoms with Crippen molar-refractivity contribution in [2.24, 2.45) is 0 Å². The van der Waals surface area contributed by atoms with Crippen LogP contribution < -0.4 is 5.32 Å². The monoisotopic (exact) mass is 344 g/mol. The van der Waals surface area contributed by atoms with E-state index in [-0.39, 0.29) is 11.9 Å². The first kappa shape index (κ1) is 19.1. The van der Waals surface area contributed by atoms with E-state index in [1.807, 2.05) is 14.1 Å². The topological polar surface area (TPSA) is 71.3 Å². The number of aryl methyl sites for hydroxylation is 3. The van der Waals surface area contributed by atoms with Gasteiger partial charge in [0.1, 0.15) is 0 Å². The van der Waals surface area contributed by atoms with Crippen LogP contribution in [0.1, 0.15) is 48.6 Å². The molecule has 2 aromatic rings. The third-order valence-electron chi connectivity index (χ3n) is 4.13. The molecule has 25 heavy (non-hydrogen) atoms. The molecule has 1 aromatic carbocycles. The summed E-state index contributed by atoms with van der Waals surface area (Å²) in [5.74, 6) is 1.24. The third kappa shape index (κ3) is 5.98. The molecular formula is C19H28N4O2. The summed E-state index contributed by atoms with van der Waals surface area (Å²) in [5.41, 5.74) is 2.42. The van der Waals surface area contributed by atoms with Crippen molar-refractivity contribution in [2.45, 2.75) is 45.6 Å². The summed E-state index contributed by atoms with van der Waals surface area (Å²) in [6.07, 6.45) is 2.60. The summed E-state index contributed by atoms with van der Waals surface area (Å²) in [4.78, 5) is 18.5. The quantitative estimate of drug-likeness (QED) is 0.757. The highest BCUT2D eigenvalue weighted by molar-refractivity contribution is 5.76. The van der Waals surface area contributed by atoms with Crippen molar-refractivity contribution in [3.8, 4) is 0 Å². The van der Waals surface area contributed by atoms with Crippen LogP contribution in [0.15, 0.2) is 28.8 Å². The average Bonchev–Trinajstić information content (AvgIpc) is 3.02. The summed E-state index contributed by atoms with van der Waals surface area (Å²) >= 11 is 0. The predicted octanol–water partition coefficient (Wildman–Crippen LogP) is 2.68. The zero-order chi connectivity index (χ0) is 18.2. The van der Waals surface area contributed by atoms with Gasteiger partial charge in [-0.2, -0.15) is 4.98 Å². The number of rotatable bonds is 9. The molecule has 6 nitrogen and oxygen atoms in total. The van der Waals surface area contributed by atoms with Crippen molar-refractivity contribution in [2.75, 3.05) is 20.6 Å². The van der Waals surface area contributed by atoms with E-state index in [0.29, 0.717) is 31.1 Å². The van der Waals surface area contributed by atoms with Crippen LogP contribution in [-0.4, -0.2) is 41.6 Å². The van der Waals surface area contributed by atoms with E-state index >= 15 is 0 Å². The number of amides is 1. The first-order valence-electron chi connectivity index (χ1n) is 8.80. The van der Waals surface area contributed by atoms with Crippen LogP contribution in [0.25, 0.3) is 0 Å². The SMILES string of the molecule is CCCc1noc(CCC(=O)NCC(c2ccc(C)cc2)N(C)C)n1. The minimum absolute atomic E-state index is 0.00537. The Morgan fingerprint density at radius 2 is 1.96 bits per heavy atom. The summed E-state index contributed by atoms with van der Waals surface area (Å²) < 4.78 is 5.16. The fraction of sp³-hybridized carbons (Fsp3) is 0.526. The second kappa shape index (κ2) is 9.32. The minimum Gasteiger partial charge on any atom is -0.354 e. The molecule has 136 valence electrons. The number of nitrogens with zero attached hydrogens (tertiary/aromatic N) is 3. The molecule has 2 rings (SSSR count). The van der Waals surface area contributed by atoms with Gasteiger partial charge in [-0.3, -0.25) is 4.79 Å². The van der Waals surface area contributed by atoms with Crippen molar-refractivity contribution in [1.29, 1.82) is 0 Å². The van der Waals surface area contributed by atoms with Gasteiger partial charge in [0, 0.05) is 25.8 Å². The Morgan fingerprint density at radius 3 is 2.60 bits per heavy atom. The van der Waals surface area contributed by atoms with Crippen LogP contribution in [0.2, 0.25) is 0 Å². The first-order valence-corrected chi connectivity index (χ1v) is 8.80. The molecule has 0 aliphatic heterocycles. The van der Waals surface area contributed by atoms with Gasteiger partial charge >= 0.3 is 0 Å². The number of aromatic nitrogens is 2. The summed E-state index contributed by atoms with van der Waals surface area (Å²) in [6, 6.07) is 8.55. The molecule has 1 atom stereocenters. The maximum atomic E-state index is 12.1. The van der Waals surface area contributed by atoms with Gasteiger partial charge in [-0.1, -0.05) is 41.9 Å². The lowest BCUT2D eigenvalue weighted by atomic mass is 10.0. The maximum absolute atomic E-state index is 12.1. The van der Waals surface area contributed by atoms with Gasteiger partial charge in [0.2, 0.25) is 11.8 Å². The lowest BCUT2D eigenvalue weighted by molar-refractivity contribution is -0.121. The number of hydrogen-bond acceptors (Lipinski definition) is 5. The highest BCUT2D eigenvalue weighted by atomic mass is 16.5. The molecule has 0 saturated heterocycles. The molecule has 0 saturated carbocycles. The van der Waals surface area contributed by atoms with Crippen LogP contribution in [-0.2, 0) is 17.6 Å². The fourth-order valence-electron chi connectivity index (χ4n) is 2.62. The molecule has 0 spiro atoms. The van der Waals surface area contributed by atoms with Crippen molar-refractivity contribution in [3.05, 3.63) is 47.1 Å². The Morgan fingerprint density at radius 1 is 1.24 bits per heavy atom. The van der Waals surface area contributed by atoms with Crippen LogP contribution in [0, 0.1) is 6.92 Å². The summed E-state index contributed by atoms with van der Waals surface area (Å²) in [5, 5.41) is 6.91. The highest BCUT2D eigenvalue weighted by Gasteiger charge is 2.16. The van der Waals surface area contributed by atoms with Gasteiger partial charge in [0.25, 0.3) is 0 Å². The van der Waals surface area contributed by atoms with Crippen LogP contribution >= 0.6 is 0 Å². The van der Waals surface area contributed by atoms with Gasteiger partial charge in [0.15, 0.2) is 5.82 Å². The van der Waals surface area contributed by atoms with E-state index in [2.05, 4.69) is 58.5 Å². The van der Waals surface area contributed by atoms with Crippen LogP contribution in [0.3, 0.4) is 0 Å². The Hall–Kier alpha value is -2.21. The number of carbonyl (C=O) groups is 1. The standard InChI is InChI=1S/C19H28N4O2/c1-5-6-17-21-19(25-22-17)12-11-18(24)20-13-16(23(3)4)15-9-7-14(2)8-10-15/h7-10,16H,5-6,11-13H2,1-4H3,(H,20,24). The van der Waals surface area contributed by atoms with Crippen molar-refractivity contribution >= 4 is 5.91 Å². The molecule has 1 N–H and O–H groups in total. The molecule has 0 aliphatic rings. The molecule has 0 radical (unpaired) electrons. The van der Waals surface area contributed by atoms with E-state index in [1.165, 1.54) is 11.1 Å². The molecule has 1 amide bonds. The maximum Gasteiger partial charge on any atom is 0.227 e. The van der Waals surface area contributed by atoms with Crippen LogP contribution in [0.4, 0.5) is 0 Å². The van der Waals surface area contributed by atoms with Crippen LogP contribution in [0.5, 0.6) is 0 Å².